The molecule has 0 aromatic heterocycles. The molecule has 2 fully saturated rings. The number of hydrogen-bond donors (Lipinski definition) is 2. The van der Waals surface area contributed by atoms with Crippen LogP contribution in [0.1, 0.15) is 18.4 Å². The maximum Gasteiger partial charge on any atom is 0.414 e. The van der Waals surface area contributed by atoms with Gasteiger partial charge in [-0.05, 0) is 36.5 Å². The molecular weight excluding hydrogens is 395 g/mol. The Morgan fingerprint density at radius 2 is 1.57 bits per heavy atom. The lowest BCUT2D eigenvalue weighted by atomic mass is 9.95. The Bertz CT molecular complexity index is 726. The molecule has 9 heteroatoms. The predicted molar refractivity (Wildman–Crippen MR) is 107 cm³/mol. The van der Waals surface area contributed by atoms with Crippen molar-refractivity contribution in [3.8, 4) is 0 Å². The first-order valence-corrected chi connectivity index (χ1v) is 9.83. The van der Waals surface area contributed by atoms with E-state index in [1.165, 1.54) is 12.1 Å². The Morgan fingerprint density at radius 1 is 1.00 bits per heavy atom. The highest BCUT2D eigenvalue weighted by Crippen LogP contribution is 2.20. The SMILES string of the molecule is O=C(CN1CCOCC1)N1CCC(/C=C/c2ccc(F)cc2)CC1.O=C(O)C(=O)O. The van der Waals surface area contributed by atoms with Gasteiger partial charge in [-0.1, -0.05) is 24.3 Å². The minimum absolute atomic E-state index is 0.209. The number of allylic oxidation sites excluding steroid dienone is 1. The lowest BCUT2D eigenvalue weighted by molar-refractivity contribution is -0.159. The number of amides is 1. The van der Waals surface area contributed by atoms with Gasteiger partial charge in [0.1, 0.15) is 5.82 Å². The fourth-order valence-electron chi connectivity index (χ4n) is 3.21. The summed E-state index contributed by atoms with van der Waals surface area (Å²) in [4.78, 5) is 34.7. The number of morpholine rings is 1. The fourth-order valence-corrected chi connectivity index (χ4v) is 3.21. The van der Waals surface area contributed by atoms with E-state index in [4.69, 9.17) is 24.5 Å². The third-order valence-corrected chi connectivity index (χ3v) is 4.97. The number of halogens is 1. The van der Waals surface area contributed by atoms with E-state index in [0.29, 0.717) is 12.5 Å². The van der Waals surface area contributed by atoms with Crippen molar-refractivity contribution < 1.29 is 33.7 Å². The molecule has 0 radical (unpaired) electrons. The maximum absolute atomic E-state index is 12.9. The smallest absolute Gasteiger partial charge is 0.414 e. The van der Waals surface area contributed by atoms with Gasteiger partial charge in [0.25, 0.3) is 0 Å². The zero-order chi connectivity index (χ0) is 21.9. The molecule has 2 N–H and O–H groups in total. The molecule has 164 valence electrons. The Hall–Kier alpha value is -2.78. The quantitative estimate of drug-likeness (QED) is 0.709. The standard InChI is InChI=1S/C19H25FN2O2.C2H2O4/c20-18-5-3-16(4-6-18)1-2-17-7-9-22(10-8-17)19(23)15-21-11-13-24-14-12-21;3-1(4)2(5)6/h1-6,17H,7-15H2;(H,3,4)(H,5,6)/b2-1+;. The van der Waals surface area contributed by atoms with Gasteiger partial charge >= 0.3 is 11.9 Å². The second-order valence-corrected chi connectivity index (χ2v) is 7.13. The molecular formula is C21H27FN2O6. The van der Waals surface area contributed by atoms with Crippen LogP contribution in [0, 0.1) is 11.7 Å². The van der Waals surface area contributed by atoms with Crippen LogP contribution in [-0.4, -0.2) is 83.8 Å². The summed E-state index contributed by atoms with van der Waals surface area (Å²) >= 11 is 0. The minimum atomic E-state index is -1.82. The summed E-state index contributed by atoms with van der Waals surface area (Å²) in [5, 5.41) is 14.8. The number of carboxylic acid groups (broad SMARTS) is 2. The van der Waals surface area contributed by atoms with Crippen molar-refractivity contribution in [1.29, 1.82) is 0 Å². The molecule has 0 spiro atoms. The molecule has 0 unspecified atom stereocenters. The number of piperidine rings is 1. The summed E-state index contributed by atoms with van der Waals surface area (Å²) in [6.45, 7) is 5.31. The molecule has 1 aromatic rings. The summed E-state index contributed by atoms with van der Waals surface area (Å²) in [6.07, 6.45) is 6.23. The normalized spacial score (nSPS) is 18.0. The minimum Gasteiger partial charge on any atom is -0.473 e. The number of carbonyl (C=O) groups excluding carboxylic acids is 1. The maximum atomic E-state index is 12.9. The molecule has 0 aliphatic carbocycles. The van der Waals surface area contributed by atoms with Gasteiger partial charge in [0.2, 0.25) is 5.91 Å². The van der Waals surface area contributed by atoms with Gasteiger partial charge in [0.15, 0.2) is 0 Å². The summed E-state index contributed by atoms with van der Waals surface area (Å²) in [7, 11) is 0. The number of carbonyl (C=O) groups is 3. The highest BCUT2D eigenvalue weighted by Gasteiger charge is 2.23. The third kappa shape index (κ3) is 8.30. The van der Waals surface area contributed by atoms with Gasteiger partial charge in [0.05, 0.1) is 19.8 Å². The second kappa shape index (κ2) is 12.0. The van der Waals surface area contributed by atoms with E-state index in [2.05, 4.69) is 17.1 Å². The average Bonchev–Trinajstić information content (AvgIpc) is 2.75. The number of aliphatic carboxylic acids is 2. The first kappa shape index (κ1) is 23.5. The van der Waals surface area contributed by atoms with Gasteiger partial charge < -0.3 is 19.8 Å². The molecule has 0 saturated carbocycles. The van der Waals surface area contributed by atoms with Crippen molar-refractivity contribution in [1.82, 2.24) is 9.80 Å². The van der Waals surface area contributed by atoms with E-state index in [9.17, 15) is 9.18 Å². The van der Waals surface area contributed by atoms with E-state index >= 15 is 0 Å². The molecule has 30 heavy (non-hydrogen) atoms. The Balaban J connectivity index is 0.000000469. The monoisotopic (exact) mass is 422 g/mol. The number of rotatable bonds is 4. The highest BCUT2D eigenvalue weighted by molar-refractivity contribution is 6.27. The molecule has 2 heterocycles. The van der Waals surface area contributed by atoms with Crippen molar-refractivity contribution in [3.05, 3.63) is 41.7 Å². The zero-order valence-corrected chi connectivity index (χ0v) is 16.7. The van der Waals surface area contributed by atoms with Crippen LogP contribution in [0.4, 0.5) is 4.39 Å². The average molecular weight is 422 g/mol. The number of likely N-dealkylation sites (tertiary alicyclic amines) is 1. The van der Waals surface area contributed by atoms with Crippen LogP contribution in [0.25, 0.3) is 6.08 Å². The number of benzene rings is 1. The van der Waals surface area contributed by atoms with E-state index in [1.54, 1.807) is 12.1 Å². The Kier molecular flexibility index (Phi) is 9.43. The Labute approximate surface area is 174 Å². The number of carboxylic acids is 2. The molecule has 1 amide bonds. The van der Waals surface area contributed by atoms with E-state index in [0.717, 1.165) is 57.8 Å². The van der Waals surface area contributed by atoms with Crippen molar-refractivity contribution in [2.75, 3.05) is 45.9 Å². The van der Waals surface area contributed by atoms with Crippen LogP contribution < -0.4 is 0 Å². The molecule has 2 aliphatic rings. The van der Waals surface area contributed by atoms with Gasteiger partial charge in [-0.15, -0.1) is 0 Å². The number of hydrogen-bond acceptors (Lipinski definition) is 5. The lowest BCUT2D eigenvalue weighted by Crippen LogP contribution is -2.46. The van der Waals surface area contributed by atoms with Gasteiger partial charge in [-0.25, -0.2) is 14.0 Å². The molecule has 3 rings (SSSR count). The summed E-state index contributed by atoms with van der Waals surface area (Å²) in [6, 6.07) is 6.53. The van der Waals surface area contributed by atoms with Crippen LogP contribution in [0.2, 0.25) is 0 Å². The molecule has 0 atom stereocenters. The zero-order valence-electron chi connectivity index (χ0n) is 16.7. The largest absolute Gasteiger partial charge is 0.473 e. The number of ether oxygens (including phenoxy) is 1. The van der Waals surface area contributed by atoms with Crippen molar-refractivity contribution in [3.63, 3.8) is 0 Å². The van der Waals surface area contributed by atoms with Gasteiger partial charge in [-0.3, -0.25) is 9.69 Å². The van der Waals surface area contributed by atoms with Crippen LogP contribution >= 0.6 is 0 Å². The first-order valence-electron chi connectivity index (χ1n) is 9.83. The Morgan fingerprint density at radius 3 is 2.10 bits per heavy atom. The predicted octanol–water partition coefficient (Wildman–Crippen LogP) is 1.57. The van der Waals surface area contributed by atoms with Crippen molar-refractivity contribution in [2.45, 2.75) is 12.8 Å². The molecule has 8 nitrogen and oxygen atoms in total. The fraction of sp³-hybridized carbons (Fsp3) is 0.476. The van der Waals surface area contributed by atoms with Gasteiger partial charge in [-0.2, -0.15) is 0 Å². The highest BCUT2D eigenvalue weighted by atomic mass is 19.1. The van der Waals surface area contributed by atoms with Crippen molar-refractivity contribution in [2.24, 2.45) is 5.92 Å². The first-order chi connectivity index (χ1) is 14.3. The summed E-state index contributed by atoms with van der Waals surface area (Å²) < 4.78 is 18.2. The molecule has 2 aliphatic heterocycles. The number of nitrogens with zero attached hydrogens (tertiary/aromatic N) is 2. The summed E-state index contributed by atoms with van der Waals surface area (Å²) in [5.74, 6) is -3.13. The molecule has 2 saturated heterocycles. The second-order valence-electron chi connectivity index (χ2n) is 7.13. The van der Waals surface area contributed by atoms with E-state index < -0.39 is 11.9 Å². The van der Waals surface area contributed by atoms with Crippen LogP contribution in [0.5, 0.6) is 0 Å². The molecule has 1 aromatic carbocycles. The lowest BCUT2D eigenvalue weighted by Gasteiger charge is -2.33. The third-order valence-electron chi connectivity index (χ3n) is 4.97. The summed E-state index contributed by atoms with van der Waals surface area (Å²) in [5.41, 5.74) is 1.02. The van der Waals surface area contributed by atoms with E-state index in [-0.39, 0.29) is 11.7 Å². The van der Waals surface area contributed by atoms with Crippen molar-refractivity contribution >= 4 is 23.9 Å². The van der Waals surface area contributed by atoms with E-state index in [1.807, 2.05) is 4.90 Å². The van der Waals surface area contributed by atoms with Crippen LogP contribution in [0.15, 0.2) is 30.3 Å². The van der Waals surface area contributed by atoms with Crippen LogP contribution in [0.3, 0.4) is 0 Å². The molecule has 0 bridgehead atoms. The van der Waals surface area contributed by atoms with Crippen LogP contribution in [-0.2, 0) is 19.1 Å². The topological polar surface area (TPSA) is 107 Å². The van der Waals surface area contributed by atoms with Gasteiger partial charge in [0, 0.05) is 26.2 Å².